The smallest absolute Gasteiger partial charge is 0.262 e. The molecule has 10 heteroatoms. The van der Waals surface area contributed by atoms with Gasteiger partial charge in [-0.05, 0) is 49.2 Å². The summed E-state index contributed by atoms with van der Waals surface area (Å²) >= 11 is 1.36. The Hall–Kier alpha value is -3.73. The normalized spacial score (nSPS) is 13.9. The van der Waals surface area contributed by atoms with Crippen molar-refractivity contribution in [3.05, 3.63) is 70.4 Å². The second-order valence-electron chi connectivity index (χ2n) is 9.34. The zero-order valence-corrected chi connectivity index (χ0v) is 23.2. The highest BCUT2D eigenvalue weighted by Gasteiger charge is 2.26. The van der Waals surface area contributed by atoms with E-state index in [1.807, 2.05) is 24.4 Å². The molecule has 1 fully saturated rings. The molecule has 2 aromatic heterocycles. The van der Waals surface area contributed by atoms with Gasteiger partial charge in [0.1, 0.15) is 11.5 Å². The van der Waals surface area contributed by atoms with E-state index in [1.54, 1.807) is 49.2 Å². The molecule has 0 spiro atoms. The second kappa shape index (κ2) is 12.0. The van der Waals surface area contributed by atoms with Crippen LogP contribution in [-0.2, 0) is 22.4 Å². The second-order valence-corrected chi connectivity index (χ2v) is 10.2. The van der Waals surface area contributed by atoms with E-state index in [0.717, 1.165) is 47.4 Å². The van der Waals surface area contributed by atoms with E-state index in [2.05, 4.69) is 15.2 Å². The molecule has 1 aliphatic heterocycles. The Labute approximate surface area is 231 Å². The van der Waals surface area contributed by atoms with Crippen molar-refractivity contribution < 1.29 is 23.8 Å². The Balaban J connectivity index is 1.61. The summed E-state index contributed by atoms with van der Waals surface area (Å²) in [5.74, 6) is 0.962. The monoisotopic (exact) mass is 548 g/mol. The van der Waals surface area contributed by atoms with Gasteiger partial charge in [-0.25, -0.2) is 4.98 Å². The number of morpholine rings is 1. The number of thiazole rings is 1. The minimum absolute atomic E-state index is 0.0953. The first-order valence-corrected chi connectivity index (χ1v) is 13.8. The predicted molar refractivity (Wildman–Crippen MR) is 151 cm³/mol. The van der Waals surface area contributed by atoms with Crippen LogP contribution < -0.4 is 14.8 Å². The molecule has 4 aromatic rings. The van der Waals surface area contributed by atoms with Crippen LogP contribution >= 0.6 is 11.3 Å². The Morgan fingerprint density at radius 1 is 1.10 bits per heavy atom. The van der Waals surface area contributed by atoms with Crippen LogP contribution in [0.3, 0.4) is 0 Å². The molecule has 0 aliphatic carbocycles. The number of aromatic nitrogens is 2. The highest BCUT2D eigenvalue weighted by Crippen LogP contribution is 2.36. The molecule has 1 aliphatic rings. The number of amides is 1. The highest BCUT2D eigenvalue weighted by atomic mass is 32.1. The number of ether oxygens (including phenoxy) is 3. The molecule has 0 saturated carbocycles. The number of carbonyl (C=O) groups excluding carboxylic acids is 2. The summed E-state index contributed by atoms with van der Waals surface area (Å²) in [6.07, 6.45) is 2.45. The third-order valence-corrected chi connectivity index (χ3v) is 7.79. The lowest BCUT2D eigenvalue weighted by atomic mass is 9.99. The molecule has 1 saturated heterocycles. The van der Waals surface area contributed by atoms with Gasteiger partial charge in [-0.3, -0.25) is 19.1 Å². The van der Waals surface area contributed by atoms with E-state index in [9.17, 15) is 9.59 Å². The molecule has 1 N–H and O–H groups in total. The van der Waals surface area contributed by atoms with Crippen molar-refractivity contribution in [3.63, 3.8) is 0 Å². The van der Waals surface area contributed by atoms with Crippen LogP contribution in [0.25, 0.3) is 10.9 Å². The molecule has 0 bridgehead atoms. The third kappa shape index (κ3) is 5.68. The number of nitrogens with zero attached hydrogens (tertiary/aromatic N) is 3. The van der Waals surface area contributed by atoms with Gasteiger partial charge >= 0.3 is 0 Å². The highest BCUT2D eigenvalue weighted by molar-refractivity contribution is 7.13. The first-order chi connectivity index (χ1) is 19.0. The quantitative estimate of drug-likeness (QED) is 0.336. The Morgan fingerprint density at radius 2 is 1.92 bits per heavy atom. The lowest BCUT2D eigenvalue weighted by molar-refractivity contribution is -0.115. The number of nitrogens with one attached hydrogen (secondary N) is 1. The average molecular weight is 549 g/mol. The zero-order chi connectivity index (χ0) is 27.4. The zero-order valence-electron chi connectivity index (χ0n) is 22.4. The van der Waals surface area contributed by atoms with Crippen molar-refractivity contribution in [1.82, 2.24) is 14.5 Å². The molecule has 1 amide bonds. The lowest BCUT2D eigenvalue weighted by Gasteiger charge is -2.27. The Kier molecular flexibility index (Phi) is 8.25. The van der Waals surface area contributed by atoms with Crippen LogP contribution in [0.2, 0.25) is 0 Å². The van der Waals surface area contributed by atoms with Gasteiger partial charge in [0.05, 0.1) is 39.4 Å². The minimum Gasteiger partial charge on any atom is -0.497 e. The van der Waals surface area contributed by atoms with Gasteiger partial charge in [-0.1, -0.05) is 6.07 Å². The third-order valence-electron chi connectivity index (χ3n) is 7.10. The summed E-state index contributed by atoms with van der Waals surface area (Å²) < 4.78 is 18.4. The maximum atomic E-state index is 13.9. The molecule has 0 radical (unpaired) electrons. The Bertz CT molecular complexity index is 1470. The average Bonchev–Trinajstić information content (AvgIpc) is 3.57. The lowest BCUT2D eigenvalue weighted by Crippen LogP contribution is -2.37. The molecule has 0 atom stereocenters. The van der Waals surface area contributed by atoms with Crippen molar-refractivity contribution in [3.8, 4) is 11.5 Å². The number of rotatable bonds is 9. The van der Waals surface area contributed by atoms with Gasteiger partial charge in [0.2, 0.25) is 5.91 Å². The number of methoxy groups -OCH3 is 2. The molecule has 3 heterocycles. The fraction of sp³-hybridized carbons (Fsp3) is 0.345. The summed E-state index contributed by atoms with van der Waals surface area (Å²) in [7, 11) is 3.23. The molecular formula is C29H32N4O5S. The van der Waals surface area contributed by atoms with Gasteiger partial charge in [0, 0.05) is 53.4 Å². The summed E-state index contributed by atoms with van der Waals surface area (Å²) in [4.78, 5) is 33.6. The number of hydrogen-bond donors (Lipinski definition) is 1. The number of hydrogen-bond acceptors (Lipinski definition) is 8. The minimum atomic E-state index is -0.192. The first kappa shape index (κ1) is 26.9. The number of anilines is 1. The van der Waals surface area contributed by atoms with Crippen LogP contribution in [0.5, 0.6) is 11.5 Å². The van der Waals surface area contributed by atoms with E-state index in [4.69, 9.17) is 14.2 Å². The molecule has 9 nitrogen and oxygen atoms in total. The van der Waals surface area contributed by atoms with E-state index >= 15 is 0 Å². The summed E-state index contributed by atoms with van der Waals surface area (Å²) in [6, 6.07) is 10.9. The van der Waals surface area contributed by atoms with E-state index < -0.39 is 0 Å². The van der Waals surface area contributed by atoms with E-state index in [-0.39, 0.29) is 18.2 Å². The fourth-order valence-corrected chi connectivity index (χ4v) is 5.69. The molecule has 0 unspecified atom stereocenters. The van der Waals surface area contributed by atoms with Crippen LogP contribution in [0.1, 0.15) is 27.2 Å². The molecule has 39 heavy (non-hydrogen) atoms. The summed E-state index contributed by atoms with van der Waals surface area (Å²) in [5.41, 5.74) is 3.74. The van der Waals surface area contributed by atoms with Crippen molar-refractivity contribution in [1.29, 1.82) is 0 Å². The van der Waals surface area contributed by atoms with Crippen LogP contribution in [0, 0.1) is 6.92 Å². The topological polar surface area (TPSA) is 94.9 Å². The largest absolute Gasteiger partial charge is 0.497 e. The van der Waals surface area contributed by atoms with Crippen molar-refractivity contribution in [2.24, 2.45) is 0 Å². The van der Waals surface area contributed by atoms with E-state index in [0.29, 0.717) is 41.8 Å². The van der Waals surface area contributed by atoms with Crippen LogP contribution in [-0.4, -0.2) is 73.3 Å². The van der Waals surface area contributed by atoms with Gasteiger partial charge in [0.15, 0.2) is 5.13 Å². The fourth-order valence-electron chi connectivity index (χ4n) is 5.14. The number of fused-ring (bicyclic) bond motifs is 1. The molecule has 5 rings (SSSR count). The number of benzene rings is 2. The maximum absolute atomic E-state index is 13.9. The van der Waals surface area contributed by atoms with Crippen LogP contribution in [0.15, 0.2) is 48.0 Å². The van der Waals surface area contributed by atoms with Crippen molar-refractivity contribution in [2.45, 2.75) is 19.8 Å². The molecule has 204 valence electrons. The van der Waals surface area contributed by atoms with Crippen molar-refractivity contribution >= 4 is 39.2 Å². The standard InChI is InChI=1S/C29H32N4O5S/c1-19-23(18-26(34)31-29-30-10-16-39-29)27-22(9-11-32-12-14-38-15-13-32)25(37-3)8-7-24(27)33(19)28(35)20-5-4-6-21(17-20)36-2/h4-8,10,16-17H,9,11-15,18H2,1-3H3,(H,30,31,34). The number of carbonyl (C=O) groups is 2. The van der Waals surface area contributed by atoms with Gasteiger partial charge in [0.25, 0.3) is 5.91 Å². The Morgan fingerprint density at radius 3 is 2.64 bits per heavy atom. The maximum Gasteiger partial charge on any atom is 0.262 e. The van der Waals surface area contributed by atoms with Gasteiger partial charge in [-0.15, -0.1) is 11.3 Å². The van der Waals surface area contributed by atoms with Crippen molar-refractivity contribution in [2.75, 3.05) is 52.4 Å². The SMILES string of the molecule is COc1cccc(C(=O)n2c(C)c(CC(=O)Nc3nccs3)c3c(CCN4CCOCC4)c(OC)ccc32)c1. The molecule has 2 aromatic carbocycles. The van der Waals surface area contributed by atoms with Gasteiger partial charge in [-0.2, -0.15) is 0 Å². The molecular weight excluding hydrogens is 516 g/mol. The first-order valence-electron chi connectivity index (χ1n) is 12.9. The summed E-state index contributed by atoms with van der Waals surface area (Å²) in [6.45, 7) is 5.88. The van der Waals surface area contributed by atoms with E-state index in [1.165, 1.54) is 11.3 Å². The summed E-state index contributed by atoms with van der Waals surface area (Å²) in [5, 5.41) is 6.12. The van der Waals surface area contributed by atoms with Gasteiger partial charge < -0.3 is 19.5 Å². The van der Waals surface area contributed by atoms with Crippen LogP contribution in [0.4, 0.5) is 5.13 Å². The predicted octanol–water partition coefficient (Wildman–Crippen LogP) is 4.17.